The molecule has 21 aromatic rings. The van der Waals surface area contributed by atoms with Crippen molar-refractivity contribution in [3.63, 3.8) is 0 Å². The fourth-order valence-corrected chi connectivity index (χ4v) is 18.8. The van der Waals surface area contributed by atoms with E-state index in [1.807, 2.05) is 0 Å². The lowest BCUT2D eigenvalue weighted by Crippen LogP contribution is -2.56. The van der Waals surface area contributed by atoms with Crippen molar-refractivity contribution in [1.82, 2.24) is 27.4 Å². The van der Waals surface area contributed by atoms with Crippen molar-refractivity contribution in [3.8, 4) is 34.1 Å². The van der Waals surface area contributed by atoms with E-state index in [9.17, 15) is 0 Å². The summed E-state index contributed by atoms with van der Waals surface area (Å²) in [7, 11) is 0. The summed E-state index contributed by atoms with van der Waals surface area (Å²) in [5.41, 5.74) is 32.4. The highest BCUT2D eigenvalue weighted by Gasteiger charge is 2.32. The molecule has 15 aromatic carbocycles. The predicted octanol–water partition coefficient (Wildman–Crippen LogP) is 22.6. The molecule has 0 spiro atoms. The summed E-state index contributed by atoms with van der Waals surface area (Å²) in [6.45, 7) is 13.7. The van der Waals surface area contributed by atoms with E-state index in [0.717, 1.165) is 56.2 Å². The summed E-state index contributed by atoms with van der Waals surface area (Å²) < 4.78 is 15.1. The molecule has 0 bridgehead atoms. The Balaban J connectivity index is 0.848. The van der Waals surface area contributed by atoms with Crippen LogP contribution in [0.15, 0.2) is 309 Å². The number of hydrogen-bond donors (Lipinski definition) is 0. The standard InChI is InChI=1S/C96H69BN6/c1-58-47-60(3)94(61(4)48-58)97(95-62(5)49-59(2)50-63(95)6)64-51-69(101-87-40-24-18-34-77(87)93-90(101)46-43-76-71-29-13-23-39-86(71)103(96(76)93)68-42-45-89-79(55-68)73-31-15-20-36-83(73)99(89)66-27-11-8-12-28-66)53-70(52-64)102-85-38-22-17-33-75(85)81-56-91-80(57-92(81)102)74-32-16-21-37-84(74)100(91)67-41-44-88-78(54-67)72-30-14-19-35-82(72)98(88)65-25-9-7-10-26-65/h7-57H,1-6H3. The van der Waals surface area contributed by atoms with E-state index in [1.165, 1.54) is 159 Å². The van der Waals surface area contributed by atoms with Crippen molar-refractivity contribution < 1.29 is 0 Å². The average molecular weight is 1320 g/mol. The number of aromatic nitrogens is 6. The van der Waals surface area contributed by atoms with Gasteiger partial charge in [0.05, 0.1) is 66.2 Å². The van der Waals surface area contributed by atoms with Gasteiger partial charge >= 0.3 is 0 Å². The van der Waals surface area contributed by atoms with Crippen molar-refractivity contribution in [2.24, 2.45) is 0 Å². The van der Waals surface area contributed by atoms with Gasteiger partial charge in [-0.25, -0.2) is 0 Å². The Bertz CT molecular complexity index is 7080. The van der Waals surface area contributed by atoms with Crippen molar-refractivity contribution in [2.45, 2.75) is 41.5 Å². The van der Waals surface area contributed by atoms with Gasteiger partial charge in [-0.1, -0.05) is 226 Å². The molecule has 6 aromatic heterocycles. The van der Waals surface area contributed by atoms with E-state index in [-0.39, 0.29) is 6.71 Å². The van der Waals surface area contributed by atoms with Gasteiger partial charge in [0, 0.05) is 98.8 Å². The van der Waals surface area contributed by atoms with E-state index in [4.69, 9.17) is 0 Å². The summed E-state index contributed by atoms with van der Waals surface area (Å²) in [5, 5.41) is 14.6. The Labute approximate surface area is 596 Å². The zero-order chi connectivity index (χ0) is 68.6. The predicted molar refractivity (Wildman–Crippen MR) is 438 cm³/mol. The van der Waals surface area contributed by atoms with Crippen molar-refractivity contribution in [2.75, 3.05) is 0 Å². The third kappa shape index (κ3) is 8.63. The van der Waals surface area contributed by atoms with Crippen molar-refractivity contribution in [1.29, 1.82) is 0 Å². The van der Waals surface area contributed by atoms with E-state index in [2.05, 4.69) is 378 Å². The number of benzene rings is 15. The van der Waals surface area contributed by atoms with Gasteiger partial charge in [0.1, 0.15) is 0 Å². The zero-order valence-electron chi connectivity index (χ0n) is 58.2. The van der Waals surface area contributed by atoms with Crippen LogP contribution in [0.25, 0.3) is 165 Å². The average Bonchev–Trinajstić information content (AvgIpc) is 1.55. The van der Waals surface area contributed by atoms with Gasteiger partial charge in [0.15, 0.2) is 0 Å². The summed E-state index contributed by atoms with van der Waals surface area (Å²) in [6.07, 6.45) is 0. The van der Waals surface area contributed by atoms with Gasteiger partial charge in [-0.05, 0) is 175 Å². The quantitative estimate of drug-likeness (QED) is 0.129. The van der Waals surface area contributed by atoms with Gasteiger partial charge in [0.25, 0.3) is 0 Å². The molecule has 21 rings (SSSR count). The molecule has 6 nitrogen and oxygen atoms in total. The molecule has 0 unspecified atom stereocenters. The molecule has 103 heavy (non-hydrogen) atoms. The summed E-state index contributed by atoms with van der Waals surface area (Å²) >= 11 is 0. The first kappa shape index (κ1) is 59.1. The van der Waals surface area contributed by atoms with Crippen LogP contribution in [-0.4, -0.2) is 34.1 Å². The second kappa shape index (κ2) is 22.3. The Kier molecular flexibility index (Phi) is 12.8. The van der Waals surface area contributed by atoms with Crippen molar-refractivity contribution >= 4 is 154 Å². The molecule has 0 amide bonds. The third-order valence-electron chi connectivity index (χ3n) is 22.6. The fourth-order valence-electron chi connectivity index (χ4n) is 18.8. The maximum Gasteiger partial charge on any atom is 0.242 e. The molecular formula is C96H69BN6. The Morgan fingerprint density at radius 1 is 0.194 bits per heavy atom. The molecule has 0 atom stereocenters. The maximum absolute atomic E-state index is 2.59. The molecule has 0 radical (unpaired) electrons. The third-order valence-corrected chi connectivity index (χ3v) is 22.6. The minimum atomic E-state index is -0.123. The van der Waals surface area contributed by atoms with E-state index >= 15 is 0 Å². The number of para-hydroxylation sites is 8. The smallest absolute Gasteiger partial charge is 0.242 e. The second-order valence-corrected chi connectivity index (χ2v) is 28.8. The molecular weight excluding hydrogens is 1250 g/mol. The van der Waals surface area contributed by atoms with Crippen LogP contribution in [0, 0.1) is 41.5 Å². The Morgan fingerprint density at radius 2 is 0.505 bits per heavy atom. The van der Waals surface area contributed by atoms with Crippen LogP contribution in [-0.2, 0) is 0 Å². The van der Waals surface area contributed by atoms with Crippen LogP contribution >= 0.6 is 0 Å². The number of aryl methyl sites for hydroxylation is 6. The topological polar surface area (TPSA) is 29.6 Å². The zero-order valence-corrected chi connectivity index (χ0v) is 58.2. The summed E-state index contributed by atoms with van der Waals surface area (Å²) in [5.74, 6) is 0. The van der Waals surface area contributed by atoms with Crippen LogP contribution in [0.1, 0.15) is 33.4 Å². The number of nitrogens with zero attached hydrogens (tertiary/aromatic N) is 6. The summed E-state index contributed by atoms with van der Waals surface area (Å²) in [4.78, 5) is 0. The Hall–Kier alpha value is -12.8. The monoisotopic (exact) mass is 1320 g/mol. The van der Waals surface area contributed by atoms with Crippen LogP contribution in [0.5, 0.6) is 0 Å². The minimum absolute atomic E-state index is 0.123. The van der Waals surface area contributed by atoms with Crippen LogP contribution < -0.4 is 16.4 Å². The van der Waals surface area contributed by atoms with E-state index < -0.39 is 0 Å². The van der Waals surface area contributed by atoms with E-state index in [1.54, 1.807) is 0 Å². The number of hydrogen-bond acceptors (Lipinski definition) is 0. The number of fused-ring (bicyclic) bond motifs is 19. The summed E-state index contributed by atoms with van der Waals surface area (Å²) in [6, 6.07) is 117. The van der Waals surface area contributed by atoms with Gasteiger partial charge in [-0.3, -0.25) is 0 Å². The first-order valence-electron chi connectivity index (χ1n) is 36.0. The lowest BCUT2D eigenvalue weighted by Gasteiger charge is -2.26. The molecule has 0 saturated heterocycles. The lowest BCUT2D eigenvalue weighted by molar-refractivity contribution is 1.14. The van der Waals surface area contributed by atoms with Gasteiger partial charge in [-0.15, -0.1) is 0 Å². The van der Waals surface area contributed by atoms with Crippen LogP contribution in [0.4, 0.5) is 0 Å². The van der Waals surface area contributed by atoms with Crippen LogP contribution in [0.3, 0.4) is 0 Å². The van der Waals surface area contributed by atoms with E-state index in [0.29, 0.717) is 0 Å². The second-order valence-electron chi connectivity index (χ2n) is 28.8. The molecule has 7 heteroatoms. The molecule has 0 aliphatic rings. The molecule has 6 heterocycles. The fraction of sp³-hybridized carbons (Fsp3) is 0.0625. The lowest BCUT2D eigenvalue weighted by atomic mass is 9.34. The highest BCUT2D eigenvalue weighted by atomic mass is 15.0. The first-order valence-corrected chi connectivity index (χ1v) is 36.0. The molecule has 486 valence electrons. The maximum atomic E-state index is 2.59. The van der Waals surface area contributed by atoms with Gasteiger partial charge < -0.3 is 27.4 Å². The minimum Gasteiger partial charge on any atom is -0.309 e. The first-order chi connectivity index (χ1) is 50.6. The van der Waals surface area contributed by atoms with Crippen molar-refractivity contribution in [3.05, 3.63) is 343 Å². The highest BCUT2D eigenvalue weighted by molar-refractivity contribution is 6.96. The number of rotatable bonds is 9. The van der Waals surface area contributed by atoms with Gasteiger partial charge in [0.2, 0.25) is 6.71 Å². The Morgan fingerprint density at radius 3 is 0.942 bits per heavy atom. The van der Waals surface area contributed by atoms with Crippen LogP contribution in [0.2, 0.25) is 0 Å². The molecule has 0 aliphatic carbocycles. The molecule has 0 N–H and O–H groups in total. The normalized spacial score (nSPS) is 12.2. The molecule has 0 fully saturated rings. The largest absolute Gasteiger partial charge is 0.309 e. The SMILES string of the molecule is Cc1cc(C)c(B(c2cc(-n3c4ccccc4c4cc5c(cc43)c3ccccc3n5-c3ccc4c(c3)c3ccccc3n4-c3ccccc3)cc(-n3c4ccccc4c4c3ccc3c5ccccc5n(-c5ccc6c(c5)c5ccccc5n6-c5ccccc5)c34)c2)c2c(C)cc(C)cc2C)c(C)c1. The highest BCUT2D eigenvalue weighted by Crippen LogP contribution is 2.46. The molecule has 0 aliphatic heterocycles. The molecule has 0 saturated carbocycles. The van der Waals surface area contributed by atoms with Gasteiger partial charge in [-0.2, -0.15) is 0 Å².